The van der Waals surface area contributed by atoms with Crippen LogP contribution in [0.25, 0.3) is 0 Å². The molecule has 0 aliphatic rings. The molecule has 1 aromatic rings. The molecule has 0 bridgehead atoms. The van der Waals surface area contributed by atoms with Crippen molar-refractivity contribution in [1.29, 1.82) is 5.26 Å². The number of nitrogens with two attached hydrogens (primary N) is 1. The molecular weight excluding hydrogens is 200 g/mol. The van der Waals surface area contributed by atoms with E-state index in [1.165, 1.54) is 0 Å². The van der Waals surface area contributed by atoms with Crippen LogP contribution in [0.4, 0.5) is 11.5 Å². The summed E-state index contributed by atoms with van der Waals surface area (Å²) in [6, 6.07) is 5.72. The van der Waals surface area contributed by atoms with Crippen molar-refractivity contribution >= 4 is 11.5 Å². The number of aromatic nitrogens is 1. The van der Waals surface area contributed by atoms with Crippen LogP contribution in [0.5, 0.6) is 0 Å². The number of anilines is 2. The Balaban J connectivity index is 2.88. The molecule has 4 nitrogen and oxygen atoms in total. The molecule has 0 aromatic carbocycles. The predicted octanol–water partition coefficient (Wildman–Crippen LogP) is 2.38. The first kappa shape index (κ1) is 12.3. The molecule has 1 rings (SSSR count). The van der Waals surface area contributed by atoms with Gasteiger partial charge >= 0.3 is 0 Å². The van der Waals surface area contributed by atoms with Crippen LogP contribution in [-0.4, -0.2) is 11.0 Å². The van der Waals surface area contributed by atoms with Gasteiger partial charge in [0.05, 0.1) is 5.69 Å². The number of hydrogen-bond donors (Lipinski definition) is 2. The Hall–Kier alpha value is -1.76. The smallest absolute Gasteiger partial charge is 0.165 e. The van der Waals surface area contributed by atoms with Gasteiger partial charge in [0, 0.05) is 6.04 Å². The van der Waals surface area contributed by atoms with Crippen LogP contribution >= 0.6 is 0 Å². The molecular formula is C12H18N4. The second-order valence-electron chi connectivity index (χ2n) is 4.98. The molecule has 0 amide bonds. The molecule has 0 fully saturated rings. The highest BCUT2D eigenvalue weighted by molar-refractivity contribution is 5.54. The van der Waals surface area contributed by atoms with Gasteiger partial charge in [-0.15, -0.1) is 0 Å². The highest BCUT2D eigenvalue weighted by Crippen LogP contribution is 2.22. The fraction of sp³-hybridized carbons (Fsp3) is 0.500. The molecule has 0 saturated carbocycles. The minimum Gasteiger partial charge on any atom is -0.396 e. The minimum absolute atomic E-state index is 0.135. The van der Waals surface area contributed by atoms with Gasteiger partial charge in [0.2, 0.25) is 0 Å². The molecule has 0 radical (unpaired) electrons. The maximum Gasteiger partial charge on any atom is 0.165 e. The highest BCUT2D eigenvalue weighted by Gasteiger charge is 2.20. The Morgan fingerprint density at radius 1 is 1.44 bits per heavy atom. The zero-order valence-electron chi connectivity index (χ0n) is 10.2. The third-order valence-corrected chi connectivity index (χ3v) is 2.70. The zero-order valence-corrected chi connectivity index (χ0v) is 10.2. The average molecular weight is 218 g/mol. The van der Waals surface area contributed by atoms with E-state index < -0.39 is 0 Å². The van der Waals surface area contributed by atoms with Crippen molar-refractivity contribution in [3.8, 4) is 6.07 Å². The normalized spacial score (nSPS) is 12.9. The number of nitriles is 1. The van der Waals surface area contributed by atoms with Gasteiger partial charge in [-0.2, -0.15) is 5.26 Å². The fourth-order valence-corrected chi connectivity index (χ4v) is 1.08. The Morgan fingerprint density at radius 3 is 2.56 bits per heavy atom. The van der Waals surface area contributed by atoms with Crippen molar-refractivity contribution in [3.63, 3.8) is 0 Å². The third-order valence-electron chi connectivity index (χ3n) is 2.70. The first-order valence-electron chi connectivity index (χ1n) is 5.27. The van der Waals surface area contributed by atoms with Crippen molar-refractivity contribution in [2.75, 3.05) is 11.1 Å². The lowest BCUT2D eigenvalue weighted by molar-refractivity contribution is 0.359. The maximum absolute atomic E-state index is 8.82. The largest absolute Gasteiger partial charge is 0.396 e. The van der Waals surface area contributed by atoms with Crippen LogP contribution in [0, 0.1) is 16.7 Å². The third kappa shape index (κ3) is 2.86. The monoisotopic (exact) mass is 218 g/mol. The molecule has 86 valence electrons. The molecule has 0 saturated heterocycles. The SMILES string of the molecule is CC(Nc1ccc(N)c(C#N)n1)C(C)(C)C. The van der Waals surface area contributed by atoms with E-state index in [0.717, 1.165) is 0 Å². The summed E-state index contributed by atoms with van der Waals surface area (Å²) in [6.07, 6.45) is 0. The molecule has 3 N–H and O–H groups in total. The van der Waals surface area contributed by atoms with Crippen LogP contribution in [-0.2, 0) is 0 Å². The second-order valence-corrected chi connectivity index (χ2v) is 4.98. The lowest BCUT2D eigenvalue weighted by Crippen LogP contribution is -2.31. The molecule has 4 heteroatoms. The summed E-state index contributed by atoms with van der Waals surface area (Å²) in [5.41, 5.74) is 6.42. The van der Waals surface area contributed by atoms with Crippen molar-refractivity contribution in [1.82, 2.24) is 4.98 Å². The Morgan fingerprint density at radius 2 is 2.06 bits per heavy atom. The molecule has 1 unspecified atom stereocenters. The number of nitrogen functional groups attached to an aromatic ring is 1. The topological polar surface area (TPSA) is 74.7 Å². The molecule has 1 aromatic heterocycles. The standard InChI is InChI=1S/C12H18N4/c1-8(12(2,3)4)15-11-6-5-9(14)10(7-13)16-11/h5-6,8H,14H2,1-4H3,(H,15,16). The van der Waals surface area contributed by atoms with Crippen LogP contribution in [0.2, 0.25) is 0 Å². The summed E-state index contributed by atoms with van der Waals surface area (Å²) >= 11 is 0. The lowest BCUT2D eigenvalue weighted by atomic mass is 9.88. The lowest BCUT2D eigenvalue weighted by Gasteiger charge is -2.28. The molecule has 1 atom stereocenters. The Labute approximate surface area is 96.5 Å². The summed E-state index contributed by atoms with van der Waals surface area (Å²) in [6.45, 7) is 8.53. The zero-order chi connectivity index (χ0) is 12.3. The van der Waals surface area contributed by atoms with Gasteiger partial charge in [-0.1, -0.05) is 20.8 Å². The first-order valence-corrected chi connectivity index (χ1v) is 5.27. The molecule has 0 aliphatic carbocycles. The van der Waals surface area contributed by atoms with Gasteiger partial charge in [-0.25, -0.2) is 4.98 Å². The van der Waals surface area contributed by atoms with Crippen molar-refractivity contribution in [2.45, 2.75) is 33.7 Å². The number of nitrogens with one attached hydrogen (secondary N) is 1. The number of rotatable bonds is 2. The van der Waals surface area contributed by atoms with E-state index in [1.54, 1.807) is 12.1 Å². The number of pyridine rings is 1. The number of hydrogen-bond acceptors (Lipinski definition) is 4. The van der Waals surface area contributed by atoms with E-state index in [9.17, 15) is 0 Å². The van der Waals surface area contributed by atoms with Gasteiger partial charge < -0.3 is 11.1 Å². The number of nitrogens with zero attached hydrogens (tertiary/aromatic N) is 2. The summed E-state index contributed by atoms with van der Waals surface area (Å²) < 4.78 is 0. The summed E-state index contributed by atoms with van der Waals surface area (Å²) in [4.78, 5) is 4.15. The predicted molar refractivity (Wildman–Crippen MR) is 65.9 cm³/mol. The Kier molecular flexibility index (Phi) is 3.38. The first-order chi connectivity index (χ1) is 7.34. The quantitative estimate of drug-likeness (QED) is 0.799. The van der Waals surface area contributed by atoms with Crippen LogP contribution in [0.15, 0.2) is 12.1 Å². The summed E-state index contributed by atoms with van der Waals surface area (Å²) in [7, 11) is 0. The van der Waals surface area contributed by atoms with Crippen molar-refractivity contribution < 1.29 is 0 Å². The highest BCUT2D eigenvalue weighted by atomic mass is 15.0. The van der Waals surface area contributed by atoms with E-state index >= 15 is 0 Å². The molecule has 0 aliphatic heterocycles. The van der Waals surface area contributed by atoms with E-state index in [2.05, 4.69) is 38.0 Å². The molecule has 1 heterocycles. The van der Waals surface area contributed by atoms with E-state index in [1.807, 2.05) is 6.07 Å². The van der Waals surface area contributed by atoms with Crippen LogP contribution in [0.1, 0.15) is 33.4 Å². The fourth-order valence-electron chi connectivity index (χ4n) is 1.08. The van der Waals surface area contributed by atoms with Gasteiger partial charge in [0.1, 0.15) is 11.9 Å². The van der Waals surface area contributed by atoms with E-state index in [-0.39, 0.29) is 17.2 Å². The van der Waals surface area contributed by atoms with Gasteiger partial charge in [-0.05, 0) is 24.5 Å². The van der Waals surface area contributed by atoms with Crippen LogP contribution in [0.3, 0.4) is 0 Å². The van der Waals surface area contributed by atoms with Crippen LogP contribution < -0.4 is 11.1 Å². The van der Waals surface area contributed by atoms with Gasteiger partial charge in [0.15, 0.2) is 5.69 Å². The maximum atomic E-state index is 8.82. The van der Waals surface area contributed by atoms with Gasteiger partial charge in [-0.3, -0.25) is 0 Å². The minimum atomic E-state index is 0.135. The summed E-state index contributed by atoms with van der Waals surface area (Å²) in [5.74, 6) is 0.688. The van der Waals surface area contributed by atoms with Gasteiger partial charge in [0.25, 0.3) is 0 Å². The average Bonchev–Trinajstić information content (AvgIpc) is 2.19. The Bertz CT molecular complexity index is 412. The molecule has 0 spiro atoms. The van der Waals surface area contributed by atoms with Crippen molar-refractivity contribution in [2.24, 2.45) is 5.41 Å². The van der Waals surface area contributed by atoms with E-state index in [4.69, 9.17) is 11.0 Å². The van der Waals surface area contributed by atoms with E-state index in [0.29, 0.717) is 11.5 Å². The molecule has 16 heavy (non-hydrogen) atoms. The van der Waals surface area contributed by atoms with Crippen molar-refractivity contribution in [3.05, 3.63) is 17.8 Å². The second kappa shape index (κ2) is 4.40. The summed E-state index contributed by atoms with van der Waals surface area (Å²) in [5, 5.41) is 12.1.